The summed E-state index contributed by atoms with van der Waals surface area (Å²) in [6, 6.07) is 8.16. The van der Waals surface area contributed by atoms with Crippen molar-refractivity contribution in [3.8, 4) is 0 Å². The summed E-state index contributed by atoms with van der Waals surface area (Å²) in [5, 5.41) is 3.43. The third-order valence-corrected chi connectivity index (χ3v) is 4.93. The fourth-order valence-electron chi connectivity index (χ4n) is 2.06. The Morgan fingerprint density at radius 3 is 2.19 bits per heavy atom. The minimum atomic E-state index is -3.20. The fraction of sp³-hybridized carbons (Fsp3) is 0.625. The van der Waals surface area contributed by atoms with Crippen molar-refractivity contribution in [2.75, 3.05) is 17.0 Å². The lowest BCUT2D eigenvalue weighted by Gasteiger charge is -2.26. The number of anilines is 1. The molecule has 0 aromatic heterocycles. The van der Waals surface area contributed by atoms with Gasteiger partial charge in [-0.2, -0.15) is 0 Å². The molecule has 0 amide bonds. The summed E-state index contributed by atoms with van der Waals surface area (Å²) in [6.45, 7) is 11.3. The highest BCUT2D eigenvalue weighted by atomic mass is 32.2. The molecule has 0 saturated carbocycles. The lowest BCUT2D eigenvalue weighted by atomic mass is 9.81. The van der Waals surface area contributed by atoms with E-state index in [1.54, 1.807) is 6.92 Å². The molecule has 0 heterocycles. The van der Waals surface area contributed by atoms with E-state index < -0.39 is 10.0 Å². The maximum absolute atomic E-state index is 11.5. The maximum atomic E-state index is 11.5. The molecule has 0 aliphatic carbocycles. The molecule has 0 bridgehead atoms. The van der Waals surface area contributed by atoms with Crippen LogP contribution < -0.4 is 10.0 Å². The fourth-order valence-corrected chi connectivity index (χ4v) is 2.70. The van der Waals surface area contributed by atoms with Crippen LogP contribution in [0.2, 0.25) is 0 Å². The van der Waals surface area contributed by atoms with Crippen LogP contribution in [0.4, 0.5) is 5.69 Å². The summed E-state index contributed by atoms with van der Waals surface area (Å²) in [5.74, 6) is 0.0844. The highest BCUT2D eigenvalue weighted by Gasteiger charge is 2.20. The number of benzene rings is 1. The Bertz CT molecular complexity index is 534. The molecule has 0 saturated heterocycles. The van der Waals surface area contributed by atoms with Crippen molar-refractivity contribution < 1.29 is 8.42 Å². The average Bonchev–Trinajstić information content (AvgIpc) is 2.38. The normalized spacial score (nSPS) is 12.7. The van der Waals surface area contributed by atoms with Gasteiger partial charge in [-0.15, -0.1) is 0 Å². The Hall–Kier alpha value is -1.07. The highest BCUT2D eigenvalue weighted by Crippen LogP contribution is 2.27. The Labute approximate surface area is 129 Å². The molecule has 1 aromatic carbocycles. The van der Waals surface area contributed by atoms with E-state index in [-0.39, 0.29) is 11.2 Å². The van der Waals surface area contributed by atoms with Gasteiger partial charge in [0.1, 0.15) is 0 Å². The van der Waals surface area contributed by atoms with Gasteiger partial charge in [0.25, 0.3) is 0 Å². The Morgan fingerprint density at radius 2 is 1.71 bits per heavy atom. The van der Waals surface area contributed by atoms with Gasteiger partial charge in [0, 0.05) is 11.7 Å². The first-order valence-electron chi connectivity index (χ1n) is 7.51. The second-order valence-electron chi connectivity index (χ2n) is 6.33. The van der Waals surface area contributed by atoms with E-state index in [0.29, 0.717) is 11.7 Å². The van der Waals surface area contributed by atoms with E-state index in [1.807, 2.05) is 24.3 Å². The molecule has 0 aliphatic heterocycles. The third-order valence-electron chi connectivity index (χ3n) is 3.62. The second-order valence-corrected chi connectivity index (χ2v) is 8.34. The largest absolute Gasteiger partial charge is 0.315 e. The van der Waals surface area contributed by atoms with Gasteiger partial charge in [0.05, 0.1) is 5.75 Å². The van der Waals surface area contributed by atoms with Crippen molar-refractivity contribution in [2.24, 2.45) is 0 Å². The summed E-state index contributed by atoms with van der Waals surface area (Å²) in [7, 11) is -3.20. The maximum Gasteiger partial charge on any atom is 0.232 e. The van der Waals surface area contributed by atoms with E-state index in [1.165, 1.54) is 5.56 Å². The summed E-state index contributed by atoms with van der Waals surface area (Å²) in [5.41, 5.74) is 1.90. The van der Waals surface area contributed by atoms with Gasteiger partial charge >= 0.3 is 0 Å². The van der Waals surface area contributed by atoms with Crippen LogP contribution in [0.5, 0.6) is 0 Å². The summed E-state index contributed by atoms with van der Waals surface area (Å²) >= 11 is 0. The number of hydrogen-bond donors (Lipinski definition) is 2. The van der Waals surface area contributed by atoms with Crippen LogP contribution in [0.1, 0.15) is 46.6 Å². The molecule has 0 aliphatic rings. The predicted octanol–water partition coefficient (Wildman–Crippen LogP) is 3.11. The van der Waals surface area contributed by atoms with Gasteiger partial charge in [0.2, 0.25) is 10.0 Å². The lowest BCUT2D eigenvalue weighted by molar-refractivity contribution is 0.441. The SMILES string of the molecule is CCS(=O)(=O)Nc1ccc(C(C)(C)CCNC(C)C)cc1. The Kier molecular flexibility index (Phi) is 6.23. The smallest absolute Gasteiger partial charge is 0.232 e. The van der Waals surface area contributed by atoms with E-state index in [0.717, 1.165) is 13.0 Å². The lowest BCUT2D eigenvalue weighted by Crippen LogP contribution is -2.29. The molecule has 120 valence electrons. The van der Waals surface area contributed by atoms with Crippen LogP contribution in [-0.2, 0) is 15.4 Å². The van der Waals surface area contributed by atoms with Gasteiger partial charge < -0.3 is 5.32 Å². The van der Waals surface area contributed by atoms with Crippen molar-refractivity contribution in [1.82, 2.24) is 5.32 Å². The number of hydrogen-bond acceptors (Lipinski definition) is 3. The van der Waals surface area contributed by atoms with Crippen LogP contribution in [-0.4, -0.2) is 26.8 Å². The van der Waals surface area contributed by atoms with Crippen molar-refractivity contribution in [2.45, 2.75) is 52.5 Å². The molecule has 0 atom stereocenters. The molecule has 0 fully saturated rings. The minimum absolute atomic E-state index is 0.0596. The van der Waals surface area contributed by atoms with Crippen LogP contribution >= 0.6 is 0 Å². The first-order chi connectivity index (χ1) is 9.66. The summed E-state index contributed by atoms with van der Waals surface area (Å²) < 4.78 is 25.6. The second kappa shape index (κ2) is 7.27. The Morgan fingerprint density at radius 1 is 1.14 bits per heavy atom. The zero-order valence-electron chi connectivity index (χ0n) is 13.7. The molecule has 0 radical (unpaired) electrons. The van der Waals surface area contributed by atoms with Crippen molar-refractivity contribution >= 4 is 15.7 Å². The third kappa shape index (κ3) is 6.06. The van der Waals surface area contributed by atoms with Crippen LogP contribution in [0.3, 0.4) is 0 Å². The quantitative estimate of drug-likeness (QED) is 0.775. The minimum Gasteiger partial charge on any atom is -0.315 e. The number of sulfonamides is 1. The van der Waals surface area contributed by atoms with Crippen molar-refractivity contribution in [3.05, 3.63) is 29.8 Å². The summed E-state index contributed by atoms with van der Waals surface area (Å²) in [6.07, 6.45) is 1.03. The molecule has 0 unspecified atom stereocenters. The molecule has 0 spiro atoms. The van der Waals surface area contributed by atoms with E-state index in [4.69, 9.17) is 0 Å². The topological polar surface area (TPSA) is 58.2 Å². The zero-order valence-corrected chi connectivity index (χ0v) is 14.5. The van der Waals surface area contributed by atoms with Gasteiger partial charge in [-0.25, -0.2) is 8.42 Å². The van der Waals surface area contributed by atoms with Crippen LogP contribution in [0.15, 0.2) is 24.3 Å². The first kappa shape index (κ1) is 18.0. The standard InChI is InChI=1S/C16H28N2O2S/c1-6-21(19,20)18-15-9-7-14(8-10-15)16(4,5)11-12-17-13(2)3/h7-10,13,17-18H,6,11-12H2,1-5H3. The number of nitrogens with one attached hydrogen (secondary N) is 2. The van der Waals surface area contributed by atoms with E-state index in [2.05, 4.69) is 37.7 Å². The first-order valence-corrected chi connectivity index (χ1v) is 9.16. The number of rotatable bonds is 8. The van der Waals surface area contributed by atoms with Gasteiger partial charge in [-0.1, -0.05) is 39.8 Å². The zero-order chi connectivity index (χ0) is 16.1. The molecule has 1 rings (SSSR count). The predicted molar refractivity (Wildman–Crippen MR) is 90.3 cm³/mol. The van der Waals surface area contributed by atoms with E-state index >= 15 is 0 Å². The molecule has 2 N–H and O–H groups in total. The summed E-state index contributed by atoms with van der Waals surface area (Å²) in [4.78, 5) is 0. The van der Waals surface area contributed by atoms with Crippen LogP contribution in [0, 0.1) is 0 Å². The van der Waals surface area contributed by atoms with Gasteiger partial charge in [0.15, 0.2) is 0 Å². The van der Waals surface area contributed by atoms with E-state index in [9.17, 15) is 8.42 Å². The van der Waals surface area contributed by atoms with Crippen molar-refractivity contribution in [1.29, 1.82) is 0 Å². The Balaban J connectivity index is 2.72. The molecular formula is C16H28N2O2S. The molecule has 5 heteroatoms. The molecular weight excluding hydrogens is 284 g/mol. The van der Waals surface area contributed by atoms with Gasteiger partial charge in [-0.05, 0) is 43.0 Å². The molecule has 4 nitrogen and oxygen atoms in total. The van der Waals surface area contributed by atoms with Crippen molar-refractivity contribution in [3.63, 3.8) is 0 Å². The average molecular weight is 312 g/mol. The monoisotopic (exact) mass is 312 g/mol. The molecule has 1 aromatic rings. The van der Waals surface area contributed by atoms with Crippen LogP contribution in [0.25, 0.3) is 0 Å². The molecule has 21 heavy (non-hydrogen) atoms. The highest BCUT2D eigenvalue weighted by molar-refractivity contribution is 7.92. The van der Waals surface area contributed by atoms with Gasteiger partial charge in [-0.3, -0.25) is 4.72 Å².